The zero-order valence-corrected chi connectivity index (χ0v) is 11.8. The van der Waals surface area contributed by atoms with E-state index in [2.05, 4.69) is 0 Å². The molecule has 0 aliphatic heterocycles. The molecule has 0 fully saturated rings. The van der Waals surface area contributed by atoms with Crippen LogP contribution >= 0.6 is 0 Å². The zero-order valence-electron chi connectivity index (χ0n) is 11.0. The largest absolute Gasteiger partial charge is 0.396 e. The predicted molar refractivity (Wildman–Crippen MR) is 73.7 cm³/mol. The number of para-hydroxylation sites is 1. The Labute approximate surface area is 108 Å². The number of benzene rings is 1. The van der Waals surface area contributed by atoms with Gasteiger partial charge in [0.1, 0.15) is 0 Å². The molecule has 0 aromatic heterocycles. The average molecular weight is 272 g/mol. The molecule has 1 aromatic rings. The molecular formula is C12H20N2O3S. The van der Waals surface area contributed by atoms with Gasteiger partial charge in [0.25, 0.3) is 0 Å². The van der Waals surface area contributed by atoms with Gasteiger partial charge in [0.15, 0.2) is 9.84 Å². The maximum absolute atomic E-state index is 11.6. The van der Waals surface area contributed by atoms with Gasteiger partial charge in [-0.3, -0.25) is 0 Å². The van der Waals surface area contributed by atoms with Crippen molar-refractivity contribution < 1.29 is 13.2 Å². The van der Waals surface area contributed by atoms with E-state index in [9.17, 15) is 8.42 Å². The lowest BCUT2D eigenvalue weighted by Crippen LogP contribution is -2.21. The standard InChI is InChI=1S/C12H20N2O3S/c1-14(8-5-9-17-2)10-6-4-7-11(12(10)13)18(3,15)16/h4,6-7H,5,8-9,13H2,1-3H3. The molecule has 102 valence electrons. The highest BCUT2D eigenvalue weighted by molar-refractivity contribution is 7.90. The lowest BCUT2D eigenvalue weighted by molar-refractivity contribution is 0.196. The van der Waals surface area contributed by atoms with Gasteiger partial charge >= 0.3 is 0 Å². The molecule has 0 saturated heterocycles. The first-order valence-electron chi connectivity index (χ1n) is 5.66. The molecule has 18 heavy (non-hydrogen) atoms. The number of ether oxygens (including phenoxy) is 1. The summed E-state index contributed by atoms with van der Waals surface area (Å²) >= 11 is 0. The van der Waals surface area contributed by atoms with E-state index in [0.717, 1.165) is 24.9 Å². The Bertz CT molecular complexity index is 500. The van der Waals surface area contributed by atoms with Crippen LogP contribution in [0.25, 0.3) is 0 Å². The van der Waals surface area contributed by atoms with Crippen molar-refractivity contribution in [2.45, 2.75) is 11.3 Å². The molecule has 0 amide bonds. The van der Waals surface area contributed by atoms with E-state index in [1.165, 1.54) is 6.07 Å². The number of methoxy groups -OCH3 is 1. The number of rotatable bonds is 6. The first kappa shape index (κ1) is 14.8. The minimum absolute atomic E-state index is 0.179. The van der Waals surface area contributed by atoms with Gasteiger partial charge in [-0.2, -0.15) is 0 Å². The van der Waals surface area contributed by atoms with Crippen LogP contribution in [0.5, 0.6) is 0 Å². The van der Waals surface area contributed by atoms with Crippen LogP contribution in [0.1, 0.15) is 6.42 Å². The fraction of sp³-hybridized carbons (Fsp3) is 0.500. The summed E-state index contributed by atoms with van der Waals surface area (Å²) < 4.78 is 28.1. The summed E-state index contributed by atoms with van der Waals surface area (Å²) in [5.74, 6) is 0. The van der Waals surface area contributed by atoms with Crippen molar-refractivity contribution in [2.24, 2.45) is 0 Å². The van der Waals surface area contributed by atoms with Crippen LogP contribution in [-0.4, -0.2) is 42.0 Å². The molecule has 0 atom stereocenters. The quantitative estimate of drug-likeness (QED) is 0.621. The van der Waals surface area contributed by atoms with Crippen molar-refractivity contribution in [1.82, 2.24) is 0 Å². The van der Waals surface area contributed by atoms with Crippen LogP contribution in [-0.2, 0) is 14.6 Å². The van der Waals surface area contributed by atoms with Gasteiger partial charge in [-0.05, 0) is 18.6 Å². The topological polar surface area (TPSA) is 72.6 Å². The molecule has 0 spiro atoms. The summed E-state index contributed by atoms with van der Waals surface area (Å²) in [6.07, 6.45) is 2.02. The monoisotopic (exact) mass is 272 g/mol. The predicted octanol–water partition coefficient (Wildman–Crippen LogP) is 1.15. The Kier molecular flexibility index (Phi) is 4.98. The lowest BCUT2D eigenvalue weighted by atomic mass is 10.2. The van der Waals surface area contributed by atoms with Crippen LogP contribution in [0.4, 0.5) is 11.4 Å². The van der Waals surface area contributed by atoms with Crippen LogP contribution < -0.4 is 10.6 Å². The first-order chi connectivity index (χ1) is 8.38. The molecule has 0 heterocycles. The highest BCUT2D eigenvalue weighted by Crippen LogP contribution is 2.28. The van der Waals surface area contributed by atoms with Gasteiger partial charge in [0.2, 0.25) is 0 Å². The highest BCUT2D eigenvalue weighted by Gasteiger charge is 2.15. The molecule has 0 saturated carbocycles. The molecular weight excluding hydrogens is 252 g/mol. The van der Waals surface area contributed by atoms with Crippen molar-refractivity contribution >= 4 is 21.2 Å². The molecule has 5 nitrogen and oxygen atoms in total. The number of nitrogens with two attached hydrogens (primary N) is 1. The molecule has 1 aromatic carbocycles. The van der Waals surface area contributed by atoms with Crippen molar-refractivity contribution in [1.29, 1.82) is 0 Å². The lowest BCUT2D eigenvalue weighted by Gasteiger charge is -2.22. The van der Waals surface area contributed by atoms with Crippen molar-refractivity contribution in [3.8, 4) is 0 Å². The van der Waals surface area contributed by atoms with E-state index in [4.69, 9.17) is 10.5 Å². The molecule has 0 unspecified atom stereocenters. The Morgan fingerprint density at radius 1 is 1.39 bits per heavy atom. The number of hydrogen-bond donors (Lipinski definition) is 1. The molecule has 0 bridgehead atoms. The second-order valence-corrected chi connectivity index (χ2v) is 6.21. The molecule has 1 rings (SSSR count). The number of nitrogen functional groups attached to an aromatic ring is 1. The Morgan fingerprint density at radius 3 is 2.61 bits per heavy atom. The fourth-order valence-corrected chi connectivity index (χ4v) is 2.58. The molecule has 0 aliphatic rings. The number of nitrogens with zero attached hydrogens (tertiary/aromatic N) is 1. The minimum Gasteiger partial charge on any atom is -0.396 e. The van der Waals surface area contributed by atoms with Crippen LogP contribution in [0, 0.1) is 0 Å². The summed E-state index contributed by atoms with van der Waals surface area (Å²) in [4.78, 5) is 2.11. The van der Waals surface area contributed by atoms with E-state index in [1.54, 1.807) is 13.2 Å². The highest BCUT2D eigenvalue weighted by atomic mass is 32.2. The summed E-state index contributed by atoms with van der Waals surface area (Å²) in [7, 11) is 0.243. The minimum atomic E-state index is -3.29. The third-order valence-corrected chi connectivity index (χ3v) is 3.85. The van der Waals surface area contributed by atoms with Crippen LogP contribution in [0.3, 0.4) is 0 Å². The summed E-state index contributed by atoms with van der Waals surface area (Å²) in [5, 5.41) is 0. The summed E-state index contributed by atoms with van der Waals surface area (Å²) in [6.45, 7) is 1.42. The molecule has 2 N–H and O–H groups in total. The third kappa shape index (κ3) is 3.61. The maximum Gasteiger partial charge on any atom is 0.177 e. The van der Waals surface area contributed by atoms with E-state index in [0.29, 0.717) is 12.3 Å². The van der Waals surface area contributed by atoms with Gasteiger partial charge in [-0.25, -0.2) is 8.42 Å². The second kappa shape index (κ2) is 6.06. The summed E-state index contributed by atoms with van der Waals surface area (Å²) in [5.41, 5.74) is 6.96. The second-order valence-electron chi connectivity index (χ2n) is 4.23. The molecule has 6 heteroatoms. The maximum atomic E-state index is 11.6. The Hall–Kier alpha value is -1.27. The zero-order chi connectivity index (χ0) is 13.8. The average Bonchev–Trinajstić information content (AvgIpc) is 2.28. The molecule has 0 aliphatic carbocycles. The third-order valence-electron chi connectivity index (χ3n) is 2.70. The van der Waals surface area contributed by atoms with E-state index in [-0.39, 0.29) is 4.90 Å². The Morgan fingerprint density at radius 2 is 2.06 bits per heavy atom. The smallest absolute Gasteiger partial charge is 0.177 e. The normalized spacial score (nSPS) is 11.5. The van der Waals surface area contributed by atoms with Gasteiger partial charge < -0.3 is 15.4 Å². The summed E-state index contributed by atoms with van der Waals surface area (Å²) in [6, 6.07) is 5.04. The van der Waals surface area contributed by atoms with Crippen molar-refractivity contribution in [2.75, 3.05) is 44.2 Å². The van der Waals surface area contributed by atoms with Crippen LogP contribution in [0.15, 0.2) is 23.1 Å². The Balaban J connectivity index is 2.97. The number of anilines is 2. The number of hydrogen-bond acceptors (Lipinski definition) is 5. The molecule has 0 radical (unpaired) electrons. The van der Waals surface area contributed by atoms with Crippen LogP contribution in [0.2, 0.25) is 0 Å². The van der Waals surface area contributed by atoms with Gasteiger partial charge in [-0.15, -0.1) is 0 Å². The van der Waals surface area contributed by atoms with Gasteiger partial charge in [0.05, 0.1) is 16.3 Å². The van der Waals surface area contributed by atoms with Crippen molar-refractivity contribution in [3.05, 3.63) is 18.2 Å². The fourth-order valence-electron chi connectivity index (χ4n) is 1.76. The van der Waals surface area contributed by atoms with Crippen molar-refractivity contribution in [3.63, 3.8) is 0 Å². The van der Waals surface area contributed by atoms with E-state index in [1.807, 2.05) is 18.0 Å². The first-order valence-corrected chi connectivity index (χ1v) is 7.55. The van der Waals surface area contributed by atoms with E-state index >= 15 is 0 Å². The SMILES string of the molecule is COCCCN(C)c1cccc(S(C)(=O)=O)c1N. The van der Waals surface area contributed by atoms with Gasteiger partial charge in [0, 0.05) is 33.6 Å². The number of sulfone groups is 1. The van der Waals surface area contributed by atoms with Gasteiger partial charge in [-0.1, -0.05) is 6.07 Å². The van der Waals surface area contributed by atoms with E-state index < -0.39 is 9.84 Å².